The van der Waals surface area contributed by atoms with Crippen LogP contribution in [-0.2, 0) is 16.0 Å². The van der Waals surface area contributed by atoms with E-state index in [9.17, 15) is 18.8 Å². The number of benzene rings is 2. The van der Waals surface area contributed by atoms with E-state index in [1.807, 2.05) is 0 Å². The Morgan fingerprint density at radius 3 is 2.41 bits per heavy atom. The topological polar surface area (TPSA) is 93.2 Å². The highest BCUT2D eigenvalue weighted by Crippen LogP contribution is 2.11. The van der Waals surface area contributed by atoms with Crippen LogP contribution in [0.3, 0.4) is 0 Å². The lowest BCUT2D eigenvalue weighted by molar-refractivity contribution is -0.124. The van der Waals surface area contributed by atoms with E-state index in [1.54, 1.807) is 37.4 Å². The molecule has 0 saturated carbocycles. The highest BCUT2D eigenvalue weighted by atomic mass is 19.1. The van der Waals surface area contributed by atoms with Gasteiger partial charge >= 0.3 is 11.7 Å². The number of imidazole rings is 1. The molecule has 7 nitrogen and oxygen atoms in total. The second-order valence-corrected chi connectivity index (χ2v) is 6.42. The fourth-order valence-electron chi connectivity index (χ4n) is 2.79. The number of hydrogen-bond acceptors (Lipinski definition) is 4. The molecule has 8 heteroatoms. The van der Waals surface area contributed by atoms with Crippen LogP contribution in [0.15, 0.2) is 59.5 Å². The Hall–Kier alpha value is -3.68. The molecule has 0 saturated heterocycles. The van der Waals surface area contributed by atoms with Gasteiger partial charge in [-0.05, 0) is 55.3 Å². The number of carbonyl (C=O) groups excluding carboxylic acids is 2. The Bertz CT molecular complexity index is 1050. The van der Waals surface area contributed by atoms with E-state index in [2.05, 4.69) is 10.3 Å². The number of hydrogen-bond donors (Lipinski definition) is 2. The molecule has 0 aliphatic heterocycles. The first-order valence-corrected chi connectivity index (χ1v) is 9.00. The molecule has 1 aromatic heterocycles. The van der Waals surface area contributed by atoms with Crippen molar-refractivity contribution in [1.29, 1.82) is 0 Å². The SMILES string of the molecule is Cc1c[nH]c(=O)n1-c1ccc(C(=O)OCC(=O)NCCc2ccc(F)cc2)cc1. The minimum absolute atomic E-state index is 0.268. The van der Waals surface area contributed by atoms with Crippen LogP contribution in [0.1, 0.15) is 21.6 Å². The zero-order chi connectivity index (χ0) is 20.8. The molecule has 1 amide bonds. The summed E-state index contributed by atoms with van der Waals surface area (Å²) in [6.07, 6.45) is 2.14. The highest BCUT2D eigenvalue weighted by Gasteiger charge is 2.11. The average Bonchev–Trinajstić information content (AvgIpc) is 3.06. The van der Waals surface area contributed by atoms with Gasteiger partial charge in [0.05, 0.1) is 11.3 Å². The fraction of sp³-hybridized carbons (Fsp3) is 0.190. The van der Waals surface area contributed by atoms with Crippen LogP contribution in [0.5, 0.6) is 0 Å². The highest BCUT2D eigenvalue weighted by molar-refractivity contribution is 5.91. The summed E-state index contributed by atoms with van der Waals surface area (Å²) in [5.74, 6) is -1.37. The maximum atomic E-state index is 12.8. The normalized spacial score (nSPS) is 10.6. The van der Waals surface area contributed by atoms with Crippen molar-refractivity contribution in [3.63, 3.8) is 0 Å². The van der Waals surface area contributed by atoms with Gasteiger partial charge in [0.25, 0.3) is 5.91 Å². The fourth-order valence-corrected chi connectivity index (χ4v) is 2.79. The number of aromatic nitrogens is 2. The zero-order valence-electron chi connectivity index (χ0n) is 15.8. The summed E-state index contributed by atoms with van der Waals surface area (Å²) in [7, 11) is 0. The number of nitrogens with one attached hydrogen (secondary N) is 2. The zero-order valence-corrected chi connectivity index (χ0v) is 15.8. The van der Waals surface area contributed by atoms with Gasteiger partial charge in [0.15, 0.2) is 6.61 Å². The van der Waals surface area contributed by atoms with Crippen LogP contribution >= 0.6 is 0 Å². The first kappa shape index (κ1) is 20.1. The quantitative estimate of drug-likeness (QED) is 0.598. The molecule has 0 unspecified atom stereocenters. The Morgan fingerprint density at radius 2 is 1.79 bits per heavy atom. The van der Waals surface area contributed by atoms with Crippen molar-refractivity contribution >= 4 is 11.9 Å². The van der Waals surface area contributed by atoms with E-state index in [0.717, 1.165) is 11.3 Å². The molecule has 3 aromatic rings. The summed E-state index contributed by atoms with van der Waals surface area (Å²) in [4.78, 5) is 38.3. The molecule has 150 valence electrons. The standard InChI is InChI=1S/C21H20FN3O4/c1-14-12-24-21(28)25(14)18-8-4-16(5-9-18)20(27)29-13-19(26)23-11-10-15-2-6-17(22)7-3-15/h2-9,12H,10-11,13H2,1H3,(H,23,26)(H,24,28). The van der Waals surface area contributed by atoms with Gasteiger partial charge in [0.1, 0.15) is 5.82 Å². The third-order valence-electron chi connectivity index (χ3n) is 4.30. The van der Waals surface area contributed by atoms with Crippen LogP contribution in [0.25, 0.3) is 5.69 Å². The van der Waals surface area contributed by atoms with Gasteiger partial charge in [-0.25, -0.2) is 14.0 Å². The summed E-state index contributed by atoms with van der Waals surface area (Å²) in [5.41, 5.74) is 2.25. The number of carbonyl (C=O) groups is 2. The molecule has 0 spiro atoms. The maximum absolute atomic E-state index is 12.8. The summed E-state index contributed by atoms with van der Waals surface area (Å²) in [5, 5.41) is 2.64. The van der Waals surface area contributed by atoms with E-state index in [1.165, 1.54) is 28.8 Å². The average molecular weight is 397 g/mol. The molecule has 0 bridgehead atoms. The van der Waals surface area contributed by atoms with Crippen molar-refractivity contribution in [3.05, 3.63) is 87.9 Å². The number of amides is 1. The molecule has 0 radical (unpaired) electrons. The maximum Gasteiger partial charge on any atom is 0.338 e. The summed E-state index contributed by atoms with van der Waals surface area (Å²) in [6.45, 7) is 1.73. The number of aryl methyl sites for hydroxylation is 1. The van der Waals surface area contributed by atoms with Crippen LogP contribution in [0, 0.1) is 12.7 Å². The van der Waals surface area contributed by atoms with E-state index in [4.69, 9.17) is 4.74 Å². The molecule has 3 rings (SSSR count). The number of aromatic amines is 1. The second kappa shape index (κ2) is 9.01. The molecule has 0 atom stereocenters. The molecular formula is C21H20FN3O4. The molecule has 1 heterocycles. The van der Waals surface area contributed by atoms with Gasteiger partial charge in [-0.2, -0.15) is 0 Å². The molecule has 29 heavy (non-hydrogen) atoms. The predicted molar refractivity (Wildman–Crippen MR) is 105 cm³/mol. The Labute approximate surface area is 166 Å². The van der Waals surface area contributed by atoms with Crippen LogP contribution < -0.4 is 11.0 Å². The molecular weight excluding hydrogens is 377 g/mol. The van der Waals surface area contributed by atoms with Crippen LogP contribution in [0.2, 0.25) is 0 Å². The Balaban J connectivity index is 1.47. The Kier molecular flexibility index (Phi) is 6.23. The predicted octanol–water partition coefficient (Wildman–Crippen LogP) is 2.13. The second-order valence-electron chi connectivity index (χ2n) is 6.42. The van der Waals surface area contributed by atoms with Crippen molar-refractivity contribution in [2.24, 2.45) is 0 Å². The van der Waals surface area contributed by atoms with Gasteiger partial charge in [-0.1, -0.05) is 12.1 Å². The number of esters is 1. The number of nitrogens with zero attached hydrogens (tertiary/aromatic N) is 1. The molecule has 0 fully saturated rings. The lowest BCUT2D eigenvalue weighted by Gasteiger charge is -2.08. The van der Waals surface area contributed by atoms with Crippen LogP contribution in [0.4, 0.5) is 4.39 Å². The van der Waals surface area contributed by atoms with Crippen molar-refractivity contribution in [1.82, 2.24) is 14.9 Å². The van der Waals surface area contributed by atoms with Gasteiger partial charge in [-0.3, -0.25) is 9.36 Å². The largest absolute Gasteiger partial charge is 0.452 e. The van der Waals surface area contributed by atoms with Gasteiger partial charge < -0.3 is 15.0 Å². The Morgan fingerprint density at radius 1 is 1.10 bits per heavy atom. The first-order valence-electron chi connectivity index (χ1n) is 9.00. The number of halogens is 1. The van der Waals surface area contributed by atoms with Gasteiger partial charge in [0, 0.05) is 18.4 Å². The molecule has 2 aromatic carbocycles. The van der Waals surface area contributed by atoms with Crippen LogP contribution in [-0.4, -0.2) is 34.6 Å². The van der Waals surface area contributed by atoms with E-state index < -0.39 is 18.5 Å². The summed E-state index contributed by atoms with van der Waals surface area (Å²) >= 11 is 0. The van der Waals surface area contributed by atoms with Crippen molar-refractivity contribution in [3.8, 4) is 5.69 Å². The minimum atomic E-state index is -0.636. The van der Waals surface area contributed by atoms with Gasteiger partial charge in [-0.15, -0.1) is 0 Å². The van der Waals surface area contributed by atoms with Crippen molar-refractivity contribution in [2.45, 2.75) is 13.3 Å². The number of ether oxygens (including phenoxy) is 1. The third-order valence-corrected chi connectivity index (χ3v) is 4.30. The van der Waals surface area contributed by atoms with E-state index in [0.29, 0.717) is 18.7 Å². The smallest absolute Gasteiger partial charge is 0.338 e. The van der Waals surface area contributed by atoms with E-state index in [-0.39, 0.29) is 17.1 Å². The third kappa shape index (κ3) is 5.19. The van der Waals surface area contributed by atoms with E-state index >= 15 is 0 Å². The lowest BCUT2D eigenvalue weighted by Crippen LogP contribution is -2.30. The monoisotopic (exact) mass is 397 g/mol. The molecule has 2 N–H and O–H groups in total. The summed E-state index contributed by atoms with van der Waals surface area (Å²) in [6, 6.07) is 12.3. The van der Waals surface area contributed by atoms with Crippen molar-refractivity contribution < 1.29 is 18.7 Å². The minimum Gasteiger partial charge on any atom is -0.452 e. The number of rotatable bonds is 7. The summed E-state index contributed by atoms with van der Waals surface area (Å²) < 4.78 is 19.3. The molecule has 0 aliphatic rings. The number of H-pyrrole nitrogens is 1. The lowest BCUT2D eigenvalue weighted by atomic mass is 10.1. The van der Waals surface area contributed by atoms with Gasteiger partial charge in [0.2, 0.25) is 0 Å². The first-order chi connectivity index (χ1) is 13.9. The van der Waals surface area contributed by atoms with Crippen molar-refractivity contribution in [2.75, 3.05) is 13.2 Å². The molecule has 0 aliphatic carbocycles.